The van der Waals surface area contributed by atoms with Gasteiger partial charge in [0.25, 0.3) is 10.1 Å². The van der Waals surface area contributed by atoms with Crippen molar-refractivity contribution in [3.05, 3.63) is 69.9 Å². The van der Waals surface area contributed by atoms with Gasteiger partial charge < -0.3 is 10.0 Å². The van der Waals surface area contributed by atoms with Gasteiger partial charge in [-0.3, -0.25) is 9.17 Å². The first-order valence-electron chi connectivity index (χ1n) is 13.7. The molecule has 0 spiro atoms. The smallest absolute Gasteiger partial charge is 0.355 e. The van der Waals surface area contributed by atoms with Gasteiger partial charge in [-0.15, -0.1) is 0 Å². The van der Waals surface area contributed by atoms with Crippen molar-refractivity contribution in [3.63, 3.8) is 0 Å². The van der Waals surface area contributed by atoms with Gasteiger partial charge in [0, 0.05) is 19.8 Å². The van der Waals surface area contributed by atoms with E-state index in [4.69, 9.17) is 4.18 Å². The fourth-order valence-electron chi connectivity index (χ4n) is 4.49. The van der Waals surface area contributed by atoms with Gasteiger partial charge >= 0.3 is 5.69 Å². The van der Waals surface area contributed by atoms with E-state index in [9.17, 15) is 22.7 Å². The zero-order valence-corrected chi connectivity index (χ0v) is 26.0. The van der Waals surface area contributed by atoms with Crippen molar-refractivity contribution >= 4 is 27.0 Å². The summed E-state index contributed by atoms with van der Waals surface area (Å²) in [4.78, 5) is 28.2. The lowest BCUT2D eigenvalue weighted by Crippen LogP contribution is -2.32. The van der Waals surface area contributed by atoms with Crippen LogP contribution >= 0.6 is 0 Å². The molecule has 1 N–H and O–H groups in total. The third-order valence-corrected chi connectivity index (χ3v) is 7.82. The highest BCUT2D eigenvalue weighted by Crippen LogP contribution is 2.36. The van der Waals surface area contributed by atoms with Crippen LogP contribution in [0.2, 0.25) is 0 Å². The SMILES string of the molecule is Cc1ccnc(C(C)C)c1-n1c(=O)nc(N(C)CCS(=O)(=O)OCC(C)(C)C)c2cc(F)c(-c3c(O)cccc3F)nc21. The minimum absolute atomic E-state index is 0.0142. The average molecular weight is 616 g/mol. The third kappa shape index (κ3) is 6.83. The van der Waals surface area contributed by atoms with Crippen LogP contribution in [0.5, 0.6) is 5.75 Å². The number of anilines is 1. The fraction of sp³-hybridized carbons (Fsp3) is 0.400. The van der Waals surface area contributed by atoms with Crippen molar-refractivity contribution in [1.82, 2.24) is 19.5 Å². The molecule has 0 bridgehead atoms. The van der Waals surface area contributed by atoms with Crippen molar-refractivity contribution in [2.75, 3.05) is 30.9 Å². The van der Waals surface area contributed by atoms with Crippen LogP contribution in [0.1, 0.15) is 51.8 Å². The van der Waals surface area contributed by atoms with E-state index >= 15 is 4.39 Å². The number of phenolic OH excluding ortho intramolecular Hbond substituents is 1. The normalized spacial score (nSPS) is 12.3. The van der Waals surface area contributed by atoms with E-state index in [-0.39, 0.29) is 41.3 Å². The number of hydrogen-bond donors (Lipinski definition) is 1. The number of benzene rings is 1. The molecule has 3 aromatic heterocycles. The number of rotatable bonds is 9. The number of fused-ring (bicyclic) bond motifs is 1. The van der Waals surface area contributed by atoms with Crippen molar-refractivity contribution in [2.24, 2.45) is 5.41 Å². The Morgan fingerprint density at radius 1 is 1.12 bits per heavy atom. The Hall–Kier alpha value is -3.97. The summed E-state index contributed by atoms with van der Waals surface area (Å²) in [5.41, 5.74) is -0.636. The van der Waals surface area contributed by atoms with Crippen LogP contribution in [0.25, 0.3) is 28.0 Å². The molecule has 3 heterocycles. The highest BCUT2D eigenvalue weighted by Gasteiger charge is 2.26. The Balaban J connectivity index is 1.96. The number of aromatic nitrogens is 4. The molecule has 0 aliphatic rings. The number of phenols is 1. The van der Waals surface area contributed by atoms with Gasteiger partial charge in [0.2, 0.25) is 0 Å². The first-order valence-corrected chi connectivity index (χ1v) is 15.2. The lowest BCUT2D eigenvalue weighted by atomic mass is 9.99. The molecule has 0 amide bonds. The summed E-state index contributed by atoms with van der Waals surface area (Å²) in [5, 5.41) is 10.5. The lowest BCUT2D eigenvalue weighted by Gasteiger charge is -2.23. The summed E-state index contributed by atoms with van der Waals surface area (Å²) in [7, 11) is -2.43. The molecule has 0 aliphatic heterocycles. The number of halogens is 2. The second-order valence-electron chi connectivity index (χ2n) is 11.9. The largest absolute Gasteiger partial charge is 0.507 e. The maximum Gasteiger partial charge on any atom is 0.355 e. The topological polar surface area (TPSA) is 128 Å². The molecule has 43 heavy (non-hydrogen) atoms. The predicted molar refractivity (Wildman–Crippen MR) is 161 cm³/mol. The Morgan fingerprint density at radius 3 is 2.44 bits per heavy atom. The molecule has 0 aliphatic carbocycles. The molecule has 4 aromatic rings. The second-order valence-corrected chi connectivity index (χ2v) is 13.7. The van der Waals surface area contributed by atoms with Crippen molar-refractivity contribution in [2.45, 2.75) is 47.5 Å². The minimum atomic E-state index is -3.93. The van der Waals surface area contributed by atoms with Gasteiger partial charge in [0.1, 0.15) is 23.1 Å². The Morgan fingerprint density at radius 2 is 1.81 bits per heavy atom. The molecule has 4 rings (SSSR count). The molecule has 230 valence electrons. The molecular formula is C30H35F2N5O5S. The van der Waals surface area contributed by atoms with Gasteiger partial charge in [-0.25, -0.2) is 23.1 Å². The summed E-state index contributed by atoms with van der Waals surface area (Å²) in [6.45, 7) is 10.9. The van der Waals surface area contributed by atoms with Crippen molar-refractivity contribution in [3.8, 4) is 22.7 Å². The fourth-order valence-corrected chi connectivity index (χ4v) is 5.63. The Labute approximate surface area is 249 Å². The van der Waals surface area contributed by atoms with E-state index in [1.807, 2.05) is 34.6 Å². The van der Waals surface area contributed by atoms with E-state index in [0.29, 0.717) is 16.9 Å². The van der Waals surface area contributed by atoms with Crippen LogP contribution in [0.15, 0.2) is 41.3 Å². The summed E-state index contributed by atoms with van der Waals surface area (Å²) < 4.78 is 62.1. The van der Waals surface area contributed by atoms with E-state index in [1.165, 1.54) is 28.6 Å². The number of aromatic hydroxyl groups is 1. The quantitative estimate of drug-likeness (QED) is 0.256. The number of aryl methyl sites for hydroxylation is 1. The second kappa shape index (κ2) is 12.0. The first-order chi connectivity index (χ1) is 20.0. The maximum atomic E-state index is 15.7. The summed E-state index contributed by atoms with van der Waals surface area (Å²) >= 11 is 0. The van der Waals surface area contributed by atoms with Crippen LogP contribution in [0.3, 0.4) is 0 Å². The molecule has 0 fully saturated rings. The molecule has 0 saturated heterocycles. The van der Waals surface area contributed by atoms with Gasteiger partial charge in [0.15, 0.2) is 11.5 Å². The van der Waals surface area contributed by atoms with Gasteiger partial charge in [-0.1, -0.05) is 40.7 Å². The van der Waals surface area contributed by atoms with Crippen LogP contribution < -0.4 is 10.6 Å². The number of pyridine rings is 2. The van der Waals surface area contributed by atoms with E-state index in [2.05, 4.69) is 15.0 Å². The molecule has 0 saturated carbocycles. The lowest BCUT2D eigenvalue weighted by molar-refractivity contribution is 0.203. The van der Waals surface area contributed by atoms with Gasteiger partial charge in [0.05, 0.1) is 34.7 Å². The van der Waals surface area contributed by atoms with Gasteiger partial charge in [-0.2, -0.15) is 13.4 Å². The molecule has 10 nitrogen and oxygen atoms in total. The van der Waals surface area contributed by atoms with Crippen LogP contribution in [-0.4, -0.2) is 59.0 Å². The Bertz CT molecular complexity index is 1830. The Kier molecular flexibility index (Phi) is 8.89. The minimum Gasteiger partial charge on any atom is -0.507 e. The van der Waals surface area contributed by atoms with Crippen LogP contribution in [-0.2, 0) is 14.3 Å². The first kappa shape index (κ1) is 32.0. The zero-order chi connectivity index (χ0) is 31.9. The molecule has 0 unspecified atom stereocenters. The molecule has 1 aromatic carbocycles. The molecular weight excluding hydrogens is 580 g/mol. The van der Waals surface area contributed by atoms with Crippen LogP contribution in [0.4, 0.5) is 14.6 Å². The summed E-state index contributed by atoms with van der Waals surface area (Å²) in [5.74, 6) is -3.03. The molecule has 0 atom stereocenters. The van der Waals surface area contributed by atoms with Crippen molar-refractivity contribution in [1.29, 1.82) is 0 Å². The number of nitrogens with zero attached hydrogens (tertiary/aromatic N) is 5. The van der Waals surface area contributed by atoms with E-state index in [0.717, 1.165) is 12.1 Å². The van der Waals surface area contributed by atoms with E-state index < -0.39 is 50.2 Å². The third-order valence-electron chi connectivity index (χ3n) is 6.66. The van der Waals surface area contributed by atoms with Crippen LogP contribution in [0, 0.1) is 24.0 Å². The number of hydrogen-bond acceptors (Lipinski definition) is 9. The molecule has 13 heteroatoms. The standard InChI is InChI=1S/C30H35F2N5O5S/c1-17(2)24-26(18(3)11-12-33-24)37-28-19(15-21(32)25(34-28)23-20(31)9-8-10-22(23)38)27(35-29(37)39)36(7)13-14-43(40,41)42-16-30(4,5)6/h8-12,15,17,38H,13-14,16H2,1-7H3. The molecule has 0 radical (unpaired) electrons. The van der Waals surface area contributed by atoms with E-state index in [1.54, 1.807) is 19.2 Å². The predicted octanol–water partition coefficient (Wildman–Crippen LogP) is 5.09. The maximum absolute atomic E-state index is 15.7. The monoisotopic (exact) mass is 615 g/mol. The highest BCUT2D eigenvalue weighted by atomic mass is 32.2. The summed E-state index contributed by atoms with van der Waals surface area (Å²) in [6.07, 6.45) is 1.61. The van der Waals surface area contributed by atoms with Crippen molar-refractivity contribution < 1.29 is 26.5 Å². The highest BCUT2D eigenvalue weighted by molar-refractivity contribution is 7.86. The zero-order valence-electron chi connectivity index (χ0n) is 25.1. The average Bonchev–Trinajstić information content (AvgIpc) is 2.91. The van der Waals surface area contributed by atoms with Gasteiger partial charge in [-0.05, 0) is 48.1 Å². The summed E-state index contributed by atoms with van der Waals surface area (Å²) in [6, 6.07) is 6.28.